The van der Waals surface area contributed by atoms with Crippen molar-refractivity contribution >= 4 is 32.8 Å². The van der Waals surface area contributed by atoms with Gasteiger partial charge in [-0.25, -0.2) is 8.42 Å². The molecule has 0 aromatic carbocycles. The third kappa shape index (κ3) is 3.45. The number of thiophene rings is 1. The second kappa shape index (κ2) is 5.04. The normalized spacial score (nSPS) is 23.7. The van der Waals surface area contributed by atoms with Crippen LogP contribution in [0.15, 0.2) is 12.1 Å². The van der Waals surface area contributed by atoms with E-state index in [0.29, 0.717) is 5.75 Å². The molecular weight excluding hydrogens is 266 g/mol. The highest BCUT2D eigenvalue weighted by Crippen LogP contribution is 2.21. The molecule has 90 valence electrons. The van der Waals surface area contributed by atoms with Crippen molar-refractivity contribution in [1.82, 2.24) is 5.32 Å². The Morgan fingerprint density at radius 2 is 2.31 bits per heavy atom. The predicted octanol–water partition coefficient (Wildman–Crippen LogP) is 1.72. The summed E-state index contributed by atoms with van der Waals surface area (Å²) in [5, 5.41) is 3.28. The van der Waals surface area contributed by atoms with Crippen LogP contribution in [0.4, 0.5) is 0 Å². The fourth-order valence-electron chi connectivity index (χ4n) is 1.84. The van der Waals surface area contributed by atoms with Crippen LogP contribution in [0.2, 0.25) is 4.34 Å². The molecule has 3 nitrogen and oxygen atoms in total. The van der Waals surface area contributed by atoms with Crippen LogP contribution in [0.25, 0.3) is 0 Å². The number of rotatable bonds is 4. The zero-order valence-electron chi connectivity index (χ0n) is 8.78. The van der Waals surface area contributed by atoms with Gasteiger partial charge in [0, 0.05) is 17.5 Å². The third-order valence-electron chi connectivity index (χ3n) is 2.67. The molecule has 0 radical (unpaired) electrons. The van der Waals surface area contributed by atoms with Crippen molar-refractivity contribution < 1.29 is 8.42 Å². The van der Waals surface area contributed by atoms with Gasteiger partial charge in [0.1, 0.15) is 0 Å². The van der Waals surface area contributed by atoms with E-state index in [9.17, 15) is 8.42 Å². The van der Waals surface area contributed by atoms with E-state index < -0.39 is 9.84 Å². The molecule has 2 rings (SSSR count). The first-order valence-corrected chi connectivity index (χ1v) is 8.25. The average Bonchev–Trinajstić information content (AvgIpc) is 2.73. The molecule has 1 unspecified atom stereocenters. The summed E-state index contributed by atoms with van der Waals surface area (Å²) in [5.41, 5.74) is 0. The van der Waals surface area contributed by atoms with Gasteiger partial charge in [-0.05, 0) is 25.0 Å². The summed E-state index contributed by atoms with van der Waals surface area (Å²) in [6, 6.07) is 4.04. The first-order chi connectivity index (χ1) is 7.55. The van der Waals surface area contributed by atoms with Crippen LogP contribution in [-0.4, -0.2) is 32.5 Å². The Morgan fingerprint density at radius 3 is 2.88 bits per heavy atom. The largest absolute Gasteiger partial charge is 0.313 e. The highest BCUT2D eigenvalue weighted by atomic mass is 35.5. The lowest BCUT2D eigenvalue weighted by Crippen LogP contribution is -2.31. The lowest BCUT2D eigenvalue weighted by atomic mass is 10.2. The molecule has 1 aliphatic heterocycles. The number of hydrogen-bond donors (Lipinski definition) is 1. The Morgan fingerprint density at radius 1 is 1.50 bits per heavy atom. The minimum absolute atomic E-state index is 0.139. The molecule has 6 heteroatoms. The van der Waals surface area contributed by atoms with Crippen LogP contribution in [0.5, 0.6) is 0 Å². The van der Waals surface area contributed by atoms with Crippen molar-refractivity contribution in [2.75, 3.05) is 18.1 Å². The molecule has 2 heterocycles. The Kier molecular flexibility index (Phi) is 3.89. The first kappa shape index (κ1) is 12.4. The molecule has 1 atom stereocenters. The summed E-state index contributed by atoms with van der Waals surface area (Å²) in [6.45, 7) is 0.816. The minimum Gasteiger partial charge on any atom is -0.313 e. The van der Waals surface area contributed by atoms with Crippen LogP contribution < -0.4 is 5.32 Å². The first-order valence-electron chi connectivity index (χ1n) is 5.23. The van der Waals surface area contributed by atoms with Crippen molar-refractivity contribution in [2.24, 2.45) is 0 Å². The highest BCUT2D eigenvalue weighted by molar-refractivity contribution is 7.91. The smallest absolute Gasteiger partial charge is 0.151 e. The maximum absolute atomic E-state index is 11.2. The van der Waals surface area contributed by atoms with E-state index in [2.05, 4.69) is 5.32 Å². The molecule has 0 spiro atoms. The number of sulfone groups is 1. The predicted molar refractivity (Wildman–Crippen MR) is 68.1 cm³/mol. The van der Waals surface area contributed by atoms with Crippen LogP contribution in [0.1, 0.15) is 11.3 Å². The van der Waals surface area contributed by atoms with Gasteiger partial charge in [-0.1, -0.05) is 11.6 Å². The molecule has 1 aromatic heterocycles. The van der Waals surface area contributed by atoms with Gasteiger partial charge in [-0.2, -0.15) is 0 Å². The van der Waals surface area contributed by atoms with Gasteiger partial charge in [0.25, 0.3) is 0 Å². The quantitative estimate of drug-likeness (QED) is 0.913. The van der Waals surface area contributed by atoms with Gasteiger partial charge in [0.2, 0.25) is 0 Å². The van der Waals surface area contributed by atoms with E-state index in [4.69, 9.17) is 11.6 Å². The summed E-state index contributed by atoms with van der Waals surface area (Å²) in [6.07, 6.45) is 1.65. The monoisotopic (exact) mass is 279 g/mol. The van der Waals surface area contributed by atoms with Gasteiger partial charge < -0.3 is 5.32 Å². The summed E-state index contributed by atoms with van der Waals surface area (Å²) in [5.74, 6) is 0.619. The number of hydrogen-bond acceptors (Lipinski definition) is 4. The standard InChI is InChI=1S/C10H14ClNO2S2/c11-10-2-1-9(15-10)3-5-12-8-4-6-16(13,14)7-8/h1-2,8,12H,3-7H2. The summed E-state index contributed by atoms with van der Waals surface area (Å²) in [7, 11) is -2.77. The van der Waals surface area contributed by atoms with E-state index in [-0.39, 0.29) is 11.8 Å². The molecule has 0 amide bonds. The van der Waals surface area contributed by atoms with E-state index in [0.717, 1.165) is 23.7 Å². The molecule has 1 fully saturated rings. The molecule has 1 aromatic rings. The van der Waals surface area contributed by atoms with E-state index >= 15 is 0 Å². The van der Waals surface area contributed by atoms with Crippen LogP contribution >= 0.6 is 22.9 Å². The van der Waals surface area contributed by atoms with Gasteiger partial charge in [-0.15, -0.1) is 11.3 Å². The molecule has 16 heavy (non-hydrogen) atoms. The lowest BCUT2D eigenvalue weighted by Gasteiger charge is -2.09. The maximum Gasteiger partial charge on any atom is 0.151 e. The zero-order valence-corrected chi connectivity index (χ0v) is 11.2. The maximum atomic E-state index is 11.2. The fourth-order valence-corrected chi connectivity index (χ4v) is 4.64. The summed E-state index contributed by atoms with van der Waals surface area (Å²) >= 11 is 7.40. The summed E-state index contributed by atoms with van der Waals surface area (Å²) in [4.78, 5) is 1.23. The van der Waals surface area contributed by atoms with Crippen LogP contribution in [0, 0.1) is 0 Å². The van der Waals surface area contributed by atoms with Crippen molar-refractivity contribution in [1.29, 1.82) is 0 Å². The Bertz CT molecular complexity index is 455. The summed E-state index contributed by atoms with van der Waals surface area (Å²) < 4.78 is 23.2. The molecule has 1 aliphatic rings. The molecule has 0 aliphatic carbocycles. The SMILES string of the molecule is O=S1(=O)CCC(NCCc2ccc(Cl)s2)C1. The molecule has 1 N–H and O–H groups in total. The zero-order chi connectivity index (χ0) is 11.6. The van der Waals surface area contributed by atoms with Crippen LogP contribution in [-0.2, 0) is 16.3 Å². The number of nitrogens with one attached hydrogen (secondary N) is 1. The van der Waals surface area contributed by atoms with Crippen LogP contribution in [0.3, 0.4) is 0 Å². The molecule has 0 saturated carbocycles. The van der Waals surface area contributed by atoms with Gasteiger partial charge in [-0.3, -0.25) is 0 Å². The lowest BCUT2D eigenvalue weighted by molar-refractivity contribution is 0.558. The Hall–Kier alpha value is -0.100. The number of halogens is 1. The van der Waals surface area contributed by atoms with Gasteiger partial charge in [0.15, 0.2) is 9.84 Å². The highest BCUT2D eigenvalue weighted by Gasteiger charge is 2.26. The molecule has 1 saturated heterocycles. The van der Waals surface area contributed by atoms with Crippen molar-refractivity contribution in [3.8, 4) is 0 Å². The second-order valence-electron chi connectivity index (χ2n) is 4.01. The van der Waals surface area contributed by atoms with Crippen molar-refractivity contribution in [2.45, 2.75) is 18.9 Å². The minimum atomic E-state index is -2.77. The third-order valence-corrected chi connectivity index (χ3v) is 5.72. The van der Waals surface area contributed by atoms with Crippen molar-refractivity contribution in [3.63, 3.8) is 0 Å². The second-order valence-corrected chi connectivity index (χ2v) is 8.04. The van der Waals surface area contributed by atoms with Gasteiger partial charge in [0.05, 0.1) is 15.8 Å². The van der Waals surface area contributed by atoms with E-state index in [1.165, 1.54) is 4.88 Å². The van der Waals surface area contributed by atoms with E-state index in [1.54, 1.807) is 11.3 Å². The van der Waals surface area contributed by atoms with E-state index in [1.807, 2.05) is 12.1 Å². The Balaban J connectivity index is 1.73. The van der Waals surface area contributed by atoms with Gasteiger partial charge >= 0.3 is 0 Å². The average molecular weight is 280 g/mol. The molecule has 0 bridgehead atoms. The topological polar surface area (TPSA) is 46.2 Å². The molecular formula is C10H14ClNO2S2. The fraction of sp³-hybridized carbons (Fsp3) is 0.600. The van der Waals surface area contributed by atoms with Crippen molar-refractivity contribution in [3.05, 3.63) is 21.3 Å². The Labute approximate surface area is 105 Å².